The van der Waals surface area contributed by atoms with Gasteiger partial charge in [-0.3, -0.25) is 0 Å². The van der Waals surface area contributed by atoms with Crippen molar-refractivity contribution in [2.75, 3.05) is 0 Å². The highest BCUT2D eigenvalue weighted by atomic mass is 79.9. The Hall–Kier alpha value is -3.10. The van der Waals surface area contributed by atoms with Gasteiger partial charge in [-0.1, -0.05) is 71.0 Å². The first-order valence-corrected chi connectivity index (χ1v) is 10.1. The quantitative estimate of drug-likeness (QED) is 0.253. The molecule has 0 unspecified atom stereocenters. The van der Waals surface area contributed by atoms with E-state index in [2.05, 4.69) is 112 Å². The number of hydrogen-bond donors (Lipinski definition) is 0. The molecule has 0 radical (unpaired) electrons. The third-order valence-corrected chi connectivity index (χ3v) is 6.22. The minimum absolute atomic E-state index is 1.09. The predicted molar refractivity (Wildman–Crippen MR) is 124 cm³/mol. The number of benzene rings is 4. The highest BCUT2D eigenvalue weighted by molar-refractivity contribution is 9.10. The molecule has 0 aliphatic rings. The Kier molecular flexibility index (Phi) is 3.24. The van der Waals surface area contributed by atoms with Gasteiger partial charge in [0.1, 0.15) is 0 Å². The van der Waals surface area contributed by atoms with Gasteiger partial charge in [0.25, 0.3) is 0 Å². The first-order chi connectivity index (χ1) is 13.7. The van der Waals surface area contributed by atoms with Crippen molar-refractivity contribution in [2.24, 2.45) is 0 Å². The SMILES string of the molecule is C=c1c2ccccc2n2c3ccc(Br)cc3c3cc(-c4ccccc4)cc1c32. The van der Waals surface area contributed by atoms with Gasteiger partial charge in [0.15, 0.2) is 0 Å². The van der Waals surface area contributed by atoms with E-state index in [0.717, 1.165) is 9.69 Å². The lowest BCUT2D eigenvalue weighted by atomic mass is 9.98. The van der Waals surface area contributed by atoms with Gasteiger partial charge in [0.05, 0.1) is 16.6 Å². The Labute approximate surface area is 170 Å². The minimum Gasteiger partial charge on any atom is -0.308 e. The summed E-state index contributed by atoms with van der Waals surface area (Å²) >= 11 is 3.66. The largest absolute Gasteiger partial charge is 0.308 e. The zero-order valence-corrected chi connectivity index (χ0v) is 16.7. The molecule has 2 aromatic heterocycles. The van der Waals surface area contributed by atoms with Crippen molar-refractivity contribution in [1.82, 2.24) is 4.40 Å². The van der Waals surface area contributed by atoms with Crippen molar-refractivity contribution in [3.63, 3.8) is 0 Å². The molecule has 6 aromatic rings. The second-order valence-corrected chi connectivity index (χ2v) is 8.19. The van der Waals surface area contributed by atoms with E-state index >= 15 is 0 Å². The normalized spacial score (nSPS) is 11.9. The minimum atomic E-state index is 1.09. The zero-order valence-electron chi connectivity index (χ0n) is 15.1. The maximum absolute atomic E-state index is 4.48. The van der Waals surface area contributed by atoms with Crippen molar-refractivity contribution < 1.29 is 0 Å². The van der Waals surface area contributed by atoms with Crippen LogP contribution in [0.15, 0.2) is 89.4 Å². The second-order valence-electron chi connectivity index (χ2n) is 7.28. The van der Waals surface area contributed by atoms with Crippen LogP contribution < -0.4 is 5.22 Å². The van der Waals surface area contributed by atoms with Crippen molar-refractivity contribution >= 4 is 60.6 Å². The molecule has 2 heteroatoms. The molecule has 28 heavy (non-hydrogen) atoms. The van der Waals surface area contributed by atoms with Crippen LogP contribution in [0.3, 0.4) is 0 Å². The number of aromatic nitrogens is 1. The summed E-state index contributed by atoms with van der Waals surface area (Å²) in [6, 6.07) is 30.3. The predicted octanol–water partition coefficient (Wildman–Crippen LogP) is 6.96. The van der Waals surface area contributed by atoms with Gasteiger partial charge >= 0.3 is 0 Å². The molecule has 0 fully saturated rings. The summed E-state index contributed by atoms with van der Waals surface area (Å²) in [7, 11) is 0. The van der Waals surface area contributed by atoms with Gasteiger partial charge in [0.2, 0.25) is 0 Å². The van der Waals surface area contributed by atoms with E-state index in [9.17, 15) is 0 Å². The van der Waals surface area contributed by atoms with Gasteiger partial charge in [-0.2, -0.15) is 0 Å². The number of hydrogen-bond acceptors (Lipinski definition) is 0. The molecule has 0 N–H and O–H groups in total. The fourth-order valence-electron chi connectivity index (χ4n) is 4.47. The van der Waals surface area contributed by atoms with Crippen LogP contribution >= 0.6 is 15.9 Å². The van der Waals surface area contributed by atoms with Gasteiger partial charge < -0.3 is 4.40 Å². The van der Waals surface area contributed by atoms with Crippen LogP contribution in [0.4, 0.5) is 0 Å². The lowest BCUT2D eigenvalue weighted by Crippen LogP contribution is -2.06. The lowest BCUT2D eigenvalue weighted by Gasteiger charge is -2.11. The Morgan fingerprint density at radius 2 is 1.32 bits per heavy atom. The average molecular weight is 422 g/mol. The maximum atomic E-state index is 4.48. The fraction of sp³-hybridized carbons (Fsp3) is 0. The number of fused-ring (bicyclic) bond motifs is 5. The summed E-state index contributed by atoms with van der Waals surface area (Å²) in [5, 5.41) is 6.02. The molecule has 132 valence electrons. The summed E-state index contributed by atoms with van der Waals surface area (Å²) < 4.78 is 3.49. The molecular weight excluding hydrogens is 406 g/mol. The smallest absolute Gasteiger partial charge is 0.0620 e. The maximum Gasteiger partial charge on any atom is 0.0620 e. The number of halogens is 1. The van der Waals surface area contributed by atoms with Crippen LogP contribution in [-0.4, -0.2) is 4.40 Å². The first-order valence-electron chi connectivity index (χ1n) is 9.34. The van der Waals surface area contributed by atoms with Gasteiger partial charge in [-0.15, -0.1) is 0 Å². The van der Waals surface area contributed by atoms with Crippen LogP contribution in [-0.2, 0) is 0 Å². The van der Waals surface area contributed by atoms with Crippen LogP contribution in [0, 0.1) is 0 Å². The van der Waals surface area contributed by atoms with Crippen LogP contribution in [0.25, 0.3) is 55.8 Å². The molecule has 0 spiro atoms. The standard InChI is InChI=1S/C26H16BrN/c1-16-20-9-5-6-10-24(20)28-25-12-11-19(27)15-22(25)23-14-18(13-21(16)26(23)28)17-7-3-2-4-8-17/h2-15H,1H2. The Balaban J connectivity index is 1.95. The highest BCUT2D eigenvalue weighted by Gasteiger charge is 2.16. The zero-order chi connectivity index (χ0) is 18.8. The Morgan fingerprint density at radius 3 is 2.18 bits per heavy atom. The van der Waals surface area contributed by atoms with Crippen LogP contribution in [0.1, 0.15) is 0 Å². The Bertz CT molecular complexity index is 1580. The van der Waals surface area contributed by atoms with Gasteiger partial charge in [-0.25, -0.2) is 0 Å². The van der Waals surface area contributed by atoms with E-state index in [1.54, 1.807) is 0 Å². The molecule has 0 aliphatic carbocycles. The number of nitrogens with zero attached hydrogens (tertiary/aromatic N) is 1. The van der Waals surface area contributed by atoms with E-state index in [1.807, 2.05) is 0 Å². The van der Waals surface area contributed by atoms with Gasteiger partial charge in [-0.05, 0) is 52.7 Å². The lowest BCUT2D eigenvalue weighted by molar-refractivity contribution is 1.34. The molecule has 2 heterocycles. The van der Waals surface area contributed by atoms with Crippen molar-refractivity contribution in [3.05, 3.63) is 94.6 Å². The van der Waals surface area contributed by atoms with Crippen molar-refractivity contribution in [1.29, 1.82) is 0 Å². The molecule has 0 bridgehead atoms. The summed E-state index contributed by atoms with van der Waals surface area (Å²) in [4.78, 5) is 0. The molecule has 0 aliphatic heterocycles. The molecule has 1 nitrogen and oxygen atoms in total. The summed E-state index contributed by atoms with van der Waals surface area (Å²) in [5.74, 6) is 0. The van der Waals surface area contributed by atoms with Crippen LogP contribution in [0.2, 0.25) is 0 Å². The molecular formula is C26H16BrN. The Morgan fingerprint density at radius 1 is 0.607 bits per heavy atom. The molecule has 6 rings (SSSR count). The van der Waals surface area contributed by atoms with E-state index in [0.29, 0.717) is 0 Å². The van der Waals surface area contributed by atoms with E-state index in [4.69, 9.17) is 0 Å². The third-order valence-electron chi connectivity index (χ3n) is 5.73. The van der Waals surface area contributed by atoms with E-state index in [-0.39, 0.29) is 0 Å². The molecule has 0 saturated heterocycles. The molecule has 0 atom stereocenters. The van der Waals surface area contributed by atoms with Crippen molar-refractivity contribution in [3.8, 4) is 11.1 Å². The molecule has 4 aromatic carbocycles. The number of rotatable bonds is 1. The topological polar surface area (TPSA) is 4.41 Å². The molecule has 0 saturated carbocycles. The summed E-state index contributed by atoms with van der Waals surface area (Å²) in [6.07, 6.45) is 0. The first kappa shape index (κ1) is 15.9. The van der Waals surface area contributed by atoms with Gasteiger partial charge in [0, 0.05) is 26.0 Å². The average Bonchev–Trinajstić information content (AvgIpc) is 3.06. The number of pyridine rings is 1. The molecule has 0 amide bonds. The van der Waals surface area contributed by atoms with E-state index < -0.39 is 0 Å². The fourth-order valence-corrected chi connectivity index (χ4v) is 4.83. The van der Waals surface area contributed by atoms with Crippen molar-refractivity contribution in [2.45, 2.75) is 0 Å². The monoisotopic (exact) mass is 421 g/mol. The van der Waals surface area contributed by atoms with E-state index in [1.165, 1.54) is 49.2 Å². The number of para-hydroxylation sites is 1. The second kappa shape index (κ2) is 5.70. The summed E-state index contributed by atoms with van der Waals surface area (Å²) in [5.41, 5.74) is 6.13. The highest BCUT2D eigenvalue weighted by Crippen LogP contribution is 2.37. The summed E-state index contributed by atoms with van der Waals surface area (Å²) in [6.45, 7) is 4.48. The van der Waals surface area contributed by atoms with Crippen LogP contribution in [0.5, 0.6) is 0 Å². The third kappa shape index (κ3) is 2.07.